The van der Waals surface area contributed by atoms with Crippen LogP contribution >= 0.6 is 11.8 Å². The first-order valence-electron chi connectivity index (χ1n) is 9.19. The summed E-state index contributed by atoms with van der Waals surface area (Å²) in [5.74, 6) is 1.70. The molecule has 0 fully saturated rings. The highest BCUT2D eigenvalue weighted by Crippen LogP contribution is 2.47. The zero-order valence-corrected chi connectivity index (χ0v) is 16.0. The second-order valence-corrected chi connectivity index (χ2v) is 8.28. The number of thioether (sulfide) groups is 1. The van der Waals surface area contributed by atoms with Crippen molar-refractivity contribution in [3.05, 3.63) is 71.7 Å². The molecule has 138 valence electrons. The topological polar surface area (TPSA) is 34.8 Å². The Balaban J connectivity index is 1.47. The van der Waals surface area contributed by atoms with Crippen molar-refractivity contribution >= 4 is 17.4 Å². The van der Waals surface area contributed by atoms with Crippen molar-refractivity contribution in [1.82, 2.24) is 0 Å². The van der Waals surface area contributed by atoms with Gasteiger partial charge in [-0.3, -0.25) is 0 Å². The minimum absolute atomic E-state index is 0.317. The summed E-state index contributed by atoms with van der Waals surface area (Å²) >= 11 is 1.95. The molecule has 0 saturated carbocycles. The van der Waals surface area contributed by atoms with E-state index in [0.717, 1.165) is 31.0 Å². The molecule has 0 spiro atoms. The maximum absolute atomic E-state index is 5.59. The SMILES string of the molecule is Cc1ccc2c(c1)S[C@H](c1ccc3c(c1)OCO3)CCN2Cc1ccoc1. The Hall–Kier alpha value is -2.53. The van der Waals surface area contributed by atoms with E-state index in [-0.39, 0.29) is 0 Å². The Morgan fingerprint density at radius 1 is 1.07 bits per heavy atom. The summed E-state index contributed by atoms with van der Waals surface area (Å²) in [7, 11) is 0. The van der Waals surface area contributed by atoms with Gasteiger partial charge in [0.05, 0.1) is 18.2 Å². The van der Waals surface area contributed by atoms with Crippen LogP contribution in [-0.2, 0) is 6.54 Å². The van der Waals surface area contributed by atoms with Crippen molar-refractivity contribution in [2.75, 3.05) is 18.2 Å². The zero-order chi connectivity index (χ0) is 18.2. The second-order valence-electron chi connectivity index (χ2n) is 7.03. The predicted octanol–water partition coefficient (Wildman–Crippen LogP) is 5.56. The third-order valence-electron chi connectivity index (χ3n) is 5.11. The van der Waals surface area contributed by atoms with Crippen LogP contribution in [0.2, 0.25) is 0 Å². The molecule has 5 rings (SSSR count). The highest BCUT2D eigenvalue weighted by atomic mass is 32.2. The van der Waals surface area contributed by atoms with Gasteiger partial charge >= 0.3 is 0 Å². The molecule has 5 heteroatoms. The van der Waals surface area contributed by atoms with E-state index in [1.165, 1.54) is 27.3 Å². The average molecular weight is 379 g/mol. The molecule has 0 saturated heterocycles. The van der Waals surface area contributed by atoms with Crippen LogP contribution in [0.15, 0.2) is 64.3 Å². The Labute approximate surface area is 163 Å². The van der Waals surface area contributed by atoms with Crippen LogP contribution in [0.25, 0.3) is 0 Å². The molecule has 0 aliphatic carbocycles. The van der Waals surface area contributed by atoms with Crippen LogP contribution in [0, 0.1) is 6.92 Å². The van der Waals surface area contributed by atoms with Gasteiger partial charge in [0.2, 0.25) is 6.79 Å². The maximum atomic E-state index is 5.59. The lowest BCUT2D eigenvalue weighted by Gasteiger charge is -2.24. The molecule has 1 aromatic heterocycles. The molecule has 2 aliphatic heterocycles. The number of hydrogen-bond donors (Lipinski definition) is 0. The van der Waals surface area contributed by atoms with Gasteiger partial charge in [-0.2, -0.15) is 0 Å². The second kappa shape index (κ2) is 6.89. The number of anilines is 1. The molecule has 0 bridgehead atoms. The Bertz CT molecular complexity index is 954. The van der Waals surface area contributed by atoms with Crippen molar-refractivity contribution in [2.24, 2.45) is 0 Å². The molecule has 3 heterocycles. The van der Waals surface area contributed by atoms with Crippen molar-refractivity contribution in [3.63, 3.8) is 0 Å². The molecule has 27 heavy (non-hydrogen) atoms. The largest absolute Gasteiger partial charge is 0.472 e. The number of ether oxygens (including phenoxy) is 2. The van der Waals surface area contributed by atoms with Gasteiger partial charge in [-0.15, -0.1) is 11.8 Å². The van der Waals surface area contributed by atoms with E-state index < -0.39 is 0 Å². The van der Waals surface area contributed by atoms with Crippen LogP contribution in [0.1, 0.15) is 28.4 Å². The summed E-state index contributed by atoms with van der Waals surface area (Å²) in [4.78, 5) is 3.79. The van der Waals surface area contributed by atoms with E-state index in [2.05, 4.69) is 42.2 Å². The number of furan rings is 1. The molecule has 1 atom stereocenters. The van der Waals surface area contributed by atoms with Crippen LogP contribution < -0.4 is 14.4 Å². The highest BCUT2D eigenvalue weighted by Gasteiger charge is 2.25. The van der Waals surface area contributed by atoms with Gasteiger partial charge in [-0.25, -0.2) is 0 Å². The number of rotatable bonds is 3. The number of fused-ring (bicyclic) bond motifs is 2. The minimum Gasteiger partial charge on any atom is -0.472 e. The summed E-state index contributed by atoms with van der Waals surface area (Å²) < 4.78 is 16.3. The van der Waals surface area contributed by atoms with Crippen LogP contribution in [0.3, 0.4) is 0 Å². The van der Waals surface area contributed by atoms with E-state index in [9.17, 15) is 0 Å². The number of hydrogen-bond acceptors (Lipinski definition) is 5. The lowest BCUT2D eigenvalue weighted by Crippen LogP contribution is -2.23. The lowest BCUT2D eigenvalue weighted by atomic mass is 10.1. The minimum atomic E-state index is 0.317. The lowest BCUT2D eigenvalue weighted by molar-refractivity contribution is 0.174. The molecule has 4 nitrogen and oxygen atoms in total. The monoisotopic (exact) mass is 379 g/mol. The first kappa shape index (κ1) is 16.6. The normalized spacial score (nSPS) is 18.3. The van der Waals surface area contributed by atoms with E-state index in [1.807, 2.05) is 30.2 Å². The van der Waals surface area contributed by atoms with Crippen molar-refractivity contribution in [1.29, 1.82) is 0 Å². The first-order chi connectivity index (χ1) is 13.3. The van der Waals surface area contributed by atoms with Crippen molar-refractivity contribution < 1.29 is 13.9 Å². The van der Waals surface area contributed by atoms with Crippen LogP contribution in [0.4, 0.5) is 5.69 Å². The van der Waals surface area contributed by atoms with Crippen molar-refractivity contribution in [2.45, 2.75) is 30.0 Å². The fraction of sp³-hybridized carbons (Fsp3) is 0.273. The molecule has 0 unspecified atom stereocenters. The summed E-state index contributed by atoms with van der Waals surface area (Å²) in [5, 5.41) is 0.384. The average Bonchev–Trinajstić information content (AvgIpc) is 3.32. The molecule has 0 N–H and O–H groups in total. The number of benzene rings is 2. The molecule has 2 aliphatic rings. The maximum Gasteiger partial charge on any atom is 0.231 e. The van der Waals surface area contributed by atoms with Gasteiger partial charge in [0.15, 0.2) is 11.5 Å². The van der Waals surface area contributed by atoms with Gasteiger partial charge in [0, 0.05) is 28.8 Å². The fourth-order valence-corrected chi connectivity index (χ4v) is 5.08. The van der Waals surface area contributed by atoms with E-state index >= 15 is 0 Å². The van der Waals surface area contributed by atoms with E-state index in [4.69, 9.17) is 13.9 Å². The summed E-state index contributed by atoms with van der Waals surface area (Å²) in [6.07, 6.45) is 4.64. The van der Waals surface area contributed by atoms with Gasteiger partial charge in [-0.1, -0.05) is 12.1 Å². The van der Waals surface area contributed by atoms with Crippen LogP contribution in [-0.4, -0.2) is 13.3 Å². The van der Waals surface area contributed by atoms with E-state index in [1.54, 1.807) is 6.26 Å². The molecule has 0 radical (unpaired) electrons. The Morgan fingerprint density at radius 3 is 2.89 bits per heavy atom. The van der Waals surface area contributed by atoms with Gasteiger partial charge < -0.3 is 18.8 Å². The zero-order valence-electron chi connectivity index (χ0n) is 15.2. The Kier molecular flexibility index (Phi) is 4.24. The molecular weight excluding hydrogens is 358 g/mol. The smallest absolute Gasteiger partial charge is 0.231 e. The quantitative estimate of drug-likeness (QED) is 0.595. The third-order valence-corrected chi connectivity index (χ3v) is 6.48. The molecule has 0 amide bonds. The Morgan fingerprint density at radius 2 is 2.00 bits per heavy atom. The summed E-state index contributed by atoms with van der Waals surface area (Å²) in [5.41, 5.74) is 5.08. The van der Waals surface area contributed by atoms with Gasteiger partial charge in [0.1, 0.15) is 0 Å². The third kappa shape index (κ3) is 3.28. The number of nitrogens with zero attached hydrogens (tertiary/aromatic N) is 1. The fourth-order valence-electron chi connectivity index (χ4n) is 3.70. The van der Waals surface area contributed by atoms with Gasteiger partial charge in [0.25, 0.3) is 0 Å². The van der Waals surface area contributed by atoms with Crippen molar-refractivity contribution in [3.8, 4) is 11.5 Å². The molecule has 2 aromatic carbocycles. The standard InChI is InChI=1S/C22H21NO3S/c1-15-2-4-18-22(10-15)27-21(6-8-23(18)12-16-7-9-24-13-16)17-3-5-19-20(11-17)26-14-25-19/h2-5,7,9-11,13,21H,6,8,12,14H2,1H3/t21-/m0/s1. The predicted molar refractivity (Wildman–Crippen MR) is 107 cm³/mol. The first-order valence-corrected chi connectivity index (χ1v) is 10.1. The number of aryl methyl sites for hydroxylation is 1. The summed E-state index contributed by atoms with van der Waals surface area (Å²) in [6.45, 7) is 4.33. The van der Waals surface area contributed by atoms with Crippen LogP contribution in [0.5, 0.6) is 11.5 Å². The van der Waals surface area contributed by atoms with Gasteiger partial charge in [-0.05, 0) is 54.8 Å². The molecule has 3 aromatic rings. The highest BCUT2D eigenvalue weighted by molar-refractivity contribution is 7.99. The summed E-state index contributed by atoms with van der Waals surface area (Å²) in [6, 6.07) is 15.1. The van der Waals surface area contributed by atoms with E-state index in [0.29, 0.717) is 12.0 Å². The molecular formula is C22H21NO3S.